The summed E-state index contributed by atoms with van der Waals surface area (Å²) in [7, 11) is 0. The van der Waals surface area contributed by atoms with Crippen LogP contribution in [0.1, 0.15) is 57.8 Å². The monoisotopic (exact) mass is 412 g/mol. The Hall–Kier alpha value is -1.20. The fourth-order valence-electron chi connectivity index (χ4n) is 7.42. The summed E-state index contributed by atoms with van der Waals surface area (Å²) in [5.74, 6) is 1.80. The van der Waals surface area contributed by atoms with Crippen LogP contribution < -0.4 is 5.32 Å². The third-order valence-corrected chi connectivity index (χ3v) is 10.0. The van der Waals surface area contributed by atoms with Crippen molar-refractivity contribution in [2.45, 2.75) is 91.7 Å². The zero-order valence-electron chi connectivity index (χ0n) is 17.0. The Morgan fingerprint density at radius 1 is 1.03 bits per heavy atom. The van der Waals surface area contributed by atoms with Gasteiger partial charge in [0.15, 0.2) is 0 Å². The average Bonchev–Trinajstić information content (AvgIpc) is 3.17. The van der Waals surface area contributed by atoms with Gasteiger partial charge in [-0.05, 0) is 87.7 Å². The first-order valence-electron chi connectivity index (χ1n) is 11.6. The summed E-state index contributed by atoms with van der Waals surface area (Å²) >= 11 is 1.99. The molecule has 5 heteroatoms. The van der Waals surface area contributed by atoms with Gasteiger partial charge >= 0.3 is 6.03 Å². The molecule has 1 aromatic rings. The smallest absolute Gasteiger partial charge is 0.318 e. The van der Waals surface area contributed by atoms with Gasteiger partial charge in [0.2, 0.25) is 0 Å². The number of amides is 2. The maximum atomic E-state index is 13.3. The number of benzene rings is 1. The summed E-state index contributed by atoms with van der Waals surface area (Å²) < 4.78 is 0. The molecule has 0 aromatic heterocycles. The second-order valence-electron chi connectivity index (χ2n) is 10.3. The van der Waals surface area contributed by atoms with Gasteiger partial charge in [-0.15, -0.1) is 11.8 Å². The maximum absolute atomic E-state index is 13.3. The van der Waals surface area contributed by atoms with Crippen molar-refractivity contribution in [1.82, 2.24) is 10.2 Å². The number of carbonyl (C=O) groups is 1. The van der Waals surface area contributed by atoms with Crippen molar-refractivity contribution in [3.05, 3.63) is 30.3 Å². The average molecular weight is 413 g/mol. The molecule has 6 rings (SSSR count). The first kappa shape index (κ1) is 18.6. The summed E-state index contributed by atoms with van der Waals surface area (Å²) in [5, 5.41) is 14.9. The van der Waals surface area contributed by atoms with Gasteiger partial charge in [0, 0.05) is 28.3 Å². The van der Waals surface area contributed by atoms with E-state index in [0.29, 0.717) is 35.1 Å². The first-order valence-corrected chi connectivity index (χ1v) is 12.5. The van der Waals surface area contributed by atoms with Gasteiger partial charge in [-0.3, -0.25) is 0 Å². The van der Waals surface area contributed by atoms with Crippen LogP contribution in [-0.2, 0) is 0 Å². The summed E-state index contributed by atoms with van der Waals surface area (Å²) in [5.41, 5.74) is -0.412. The van der Waals surface area contributed by atoms with Gasteiger partial charge in [0.05, 0.1) is 5.60 Å². The Morgan fingerprint density at radius 2 is 1.79 bits per heavy atom. The Bertz CT molecular complexity index is 774. The van der Waals surface area contributed by atoms with E-state index in [-0.39, 0.29) is 12.1 Å². The Balaban J connectivity index is 1.10. The van der Waals surface area contributed by atoms with Gasteiger partial charge in [-0.2, -0.15) is 0 Å². The van der Waals surface area contributed by atoms with Crippen molar-refractivity contribution in [2.24, 2.45) is 17.8 Å². The van der Waals surface area contributed by atoms with E-state index in [0.717, 1.165) is 51.4 Å². The number of hydrogen-bond donors (Lipinski definition) is 2. The molecule has 8 atom stereocenters. The van der Waals surface area contributed by atoms with Gasteiger partial charge in [0.1, 0.15) is 0 Å². The van der Waals surface area contributed by atoms with Crippen LogP contribution in [0.5, 0.6) is 0 Å². The van der Waals surface area contributed by atoms with Crippen molar-refractivity contribution < 1.29 is 9.90 Å². The van der Waals surface area contributed by atoms with Crippen molar-refractivity contribution in [1.29, 1.82) is 0 Å². The summed E-state index contributed by atoms with van der Waals surface area (Å²) in [6, 6.07) is 11.9. The molecule has 5 fully saturated rings. The lowest BCUT2D eigenvalue weighted by Crippen LogP contribution is -2.55. The highest BCUT2D eigenvalue weighted by Gasteiger charge is 2.60. The van der Waals surface area contributed by atoms with E-state index in [9.17, 15) is 9.90 Å². The lowest BCUT2D eigenvalue weighted by molar-refractivity contribution is -0.130. The minimum absolute atomic E-state index is 0.177. The molecule has 5 aliphatic rings. The normalized spacial score (nSPS) is 44.9. The van der Waals surface area contributed by atoms with E-state index in [1.165, 1.54) is 11.3 Å². The zero-order chi connectivity index (χ0) is 19.6. The molecule has 0 radical (unpaired) electrons. The predicted octanol–water partition coefficient (Wildman–Crippen LogP) is 4.42. The number of rotatable bonds is 3. The summed E-state index contributed by atoms with van der Waals surface area (Å²) in [6.07, 6.45) is 9.69. The lowest BCUT2D eigenvalue weighted by Gasteiger charge is -2.49. The fraction of sp³-hybridized carbons (Fsp3) is 0.708. The van der Waals surface area contributed by atoms with Crippen molar-refractivity contribution >= 4 is 17.8 Å². The Kier molecular flexibility index (Phi) is 4.42. The number of urea groups is 1. The van der Waals surface area contributed by atoms with Crippen LogP contribution in [0, 0.1) is 17.8 Å². The molecule has 3 unspecified atom stereocenters. The van der Waals surface area contributed by atoms with Gasteiger partial charge in [-0.1, -0.05) is 18.2 Å². The van der Waals surface area contributed by atoms with Crippen molar-refractivity contribution in [2.75, 3.05) is 0 Å². The van der Waals surface area contributed by atoms with Gasteiger partial charge < -0.3 is 15.3 Å². The molecule has 2 saturated heterocycles. The lowest BCUT2D eigenvalue weighted by atomic mass is 9.61. The van der Waals surface area contributed by atoms with Crippen LogP contribution in [0.25, 0.3) is 0 Å². The van der Waals surface area contributed by atoms with Gasteiger partial charge in [-0.25, -0.2) is 4.79 Å². The topological polar surface area (TPSA) is 52.6 Å². The van der Waals surface area contributed by atoms with Crippen molar-refractivity contribution in [3.8, 4) is 0 Å². The molecule has 2 aliphatic heterocycles. The number of aliphatic hydroxyl groups is 1. The molecule has 4 nitrogen and oxygen atoms in total. The van der Waals surface area contributed by atoms with Crippen LogP contribution in [0.4, 0.5) is 4.79 Å². The van der Waals surface area contributed by atoms with Gasteiger partial charge in [0.25, 0.3) is 0 Å². The number of nitrogens with one attached hydrogen (secondary N) is 1. The van der Waals surface area contributed by atoms with Crippen LogP contribution in [0.3, 0.4) is 0 Å². The highest BCUT2D eigenvalue weighted by molar-refractivity contribution is 8.00. The number of thioether (sulfide) groups is 1. The van der Waals surface area contributed by atoms with E-state index in [1.807, 2.05) is 11.8 Å². The molecule has 3 saturated carbocycles. The maximum Gasteiger partial charge on any atom is 0.318 e. The number of hydrogen-bond acceptors (Lipinski definition) is 3. The molecule has 2 heterocycles. The number of piperidine rings is 1. The Morgan fingerprint density at radius 3 is 2.55 bits per heavy atom. The van der Waals surface area contributed by atoms with Crippen LogP contribution in [-0.4, -0.2) is 45.0 Å². The first-order chi connectivity index (χ1) is 14.1. The molecule has 1 aromatic carbocycles. The standard InChI is InChI=1S/C24H32N2O2S/c27-23(25-22-8-9-24(28)14-16-10-15(22)11-21(16)24)26-17-6-7-18(26)13-20(12-17)29-19-4-2-1-3-5-19/h1-5,15-18,20-22,28H,6-14H2,(H,25,27)/t15?,16?,17-,18+,20+,21?,22-,24+/m1/s1. The Labute approximate surface area is 177 Å². The van der Waals surface area contributed by atoms with Crippen LogP contribution in [0.2, 0.25) is 0 Å². The number of carbonyl (C=O) groups excluding carboxylic acids is 1. The van der Waals surface area contributed by atoms with E-state index in [1.54, 1.807) is 0 Å². The number of fused-ring (bicyclic) bond motifs is 3. The third kappa shape index (κ3) is 3.11. The minimum Gasteiger partial charge on any atom is -0.390 e. The van der Waals surface area contributed by atoms with E-state index in [4.69, 9.17) is 0 Å². The molecule has 0 spiro atoms. The molecular weight excluding hydrogens is 380 g/mol. The molecule has 3 aliphatic carbocycles. The number of nitrogens with zero attached hydrogens (tertiary/aromatic N) is 1. The highest BCUT2D eigenvalue weighted by Crippen LogP contribution is 2.60. The summed E-state index contributed by atoms with van der Waals surface area (Å²) in [6.45, 7) is 0. The molecule has 2 amide bonds. The fourth-order valence-corrected chi connectivity index (χ4v) is 8.76. The minimum atomic E-state index is -0.412. The molecule has 4 bridgehead atoms. The molecule has 29 heavy (non-hydrogen) atoms. The second kappa shape index (κ2) is 6.91. The van der Waals surface area contributed by atoms with E-state index >= 15 is 0 Å². The van der Waals surface area contributed by atoms with Crippen LogP contribution in [0.15, 0.2) is 35.2 Å². The quantitative estimate of drug-likeness (QED) is 0.773. The molecular formula is C24H32N2O2S. The second-order valence-corrected chi connectivity index (χ2v) is 11.7. The highest BCUT2D eigenvalue weighted by atomic mass is 32.2. The molecule has 156 valence electrons. The van der Waals surface area contributed by atoms with Crippen molar-refractivity contribution in [3.63, 3.8) is 0 Å². The SMILES string of the molecule is O=C(N[C@@H]1CC[C@]2(O)CC3CC1CC32)N1[C@@H]2CC[C@H]1C[C@@H](Sc1ccccc1)C2. The molecule has 2 N–H and O–H groups in total. The third-order valence-electron chi connectivity index (χ3n) is 8.77. The predicted molar refractivity (Wildman–Crippen MR) is 115 cm³/mol. The van der Waals surface area contributed by atoms with Crippen LogP contribution >= 0.6 is 11.8 Å². The largest absolute Gasteiger partial charge is 0.390 e. The van der Waals surface area contributed by atoms with E-state index < -0.39 is 5.60 Å². The van der Waals surface area contributed by atoms with E-state index in [2.05, 4.69) is 40.5 Å². The zero-order valence-corrected chi connectivity index (χ0v) is 17.8. The summed E-state index contributed by atoms with van der Waals surface area (Å²) in [4.78, 5) is 16.8.